The van der Waals surface area contributed by atoms with Gasteiger partial charge < -0.3 is 10.2 Å². The average Bonchev–Trinajstić information content (AvgIpc) is 2.66. The lowest BCUT2D eigenvalue weighted by Crippen LogP contribution is -2.45. The molecular formula is C20H30N4O. The number of amides is 2. The molecule has 1 aromatic carbocycles. The summed E-state index contributed by atoms with van der Waals surface area (Å²) in [5.74, 6) is 0. The second-order valence-corrected chi connectivity index (χ2v) is 7.79. The Kier molecular flexibility index (Phi) is 6.07. The molecule has 2 rings (SSSR count). The van der Waals surface area contributed by atoms with E-state index in [-0.39, 0.29) is 11.6 Å². The zero-order chi connectivity index (χ0) is 18.5. The average molecular weight is 342 g/mol. The Morgan fingerprint density at radius 1 is 1.28 bits per heavy atom. The third-order valence-electron chi connectivity index (χ3n) is 5.18. The first-order chi connectivity index (χ1) is 11.8. The molecule has 0 aliphatic carbocycles. The lowest BCUT2D eigenvalue weighted by atomic mass is 9.81. The molecule has 1 aliphatic heterocycles. The Labute approximate surface area is 151 Å². The number of urea groups is 1. The van der Waals surface area contributed by atoms with Crippen molar-refractivity contribution in [2.24, 2.45) is 5.41 Å². The molecule has 1 fully saturated rings. The number of benzene rings is 1. The molecule has 5 nitrogen and oxygen atoms in total. The van der Waals surface area contributed by atoms with Gasteiger partial charge in [0.15, 0.2) is 0 Å². The van der Waals surface area contributed by atoms with E-state index in [2.05, 4.69) is 54.6 Å². The minimum atomic E-state index is -0.538. The van der Waals surface area contributed by atoms with Gasteiger partial charge in [0.05, 0.1) is 11.5 Å². The number of rotatable bonds is 4. The Morgan fingerprint density at radius 2 is 1.96 bits per heavy atom. The standard InChI is InChI=1S/C20H30N4O/c1-19(2,15-21)16-24-14-8-11-20(23(3)4,12-13-22-18(24)25)17-9-6-5-7-10-17/h5-7,9-10H,8,11-14,16H2,1-4H3,(H,22,25)/t20-/m0/s1. The van der Waals surface area contributed by atoms with Crippen LogP contribution in [0.5, 0.6) is 0 Å². The van der Waals surface area contributed by atoms with Crippen molar-refractivity contribution in [3.8, 4) is 6.07 Å². The number of nitriles is 1. The van der Waals surface area contributed by atoms with Crippen LogP contribution in [0, 0.1) is 16.7 Å². The van der Waals surface area contributed by atoms with Gasteiger partial charge in [-0.25, -0.2) is 4.79 Å². The van der Waals surface area contributed by atoms with E-state index in [0.29, 0.717) is 19.6 Å². The first-order valence-electron chi connectivity index (χ1n) is 8.98. The van der Waals surface area contributed by atoms with Crippen LogP contribution in [0.4, 0.5) is 4.79 Å². The smallest absolute Gasteiger partial charge is 0.317 e. The maximum absolute atomic E-state index is 12.5. The molecule has 0 saturated carbocycles. The minimum absolute atomic E-state index is 0.0639. The van der Waals surface area contributed by atoms with E-state index in [4.69, 9.17) is 0 Å². The molecular weight excluding hydrogens is 312 g/mol. The van der Waals surface area contributed by atoms with Gasteiger partial charge in [0, 0.05) is 25.2 Å². The minimum Gasteiger partial charge on any atom is -0.338 e. The van der Waals surface area contributed by atoms with Gasteiger partial charge >= 0.3 is 6.03 Å². The fraction of sp³-hybridized carbons (Fsp3) is 0.600. The van der Waals surface area contributed by atoms with Crippen molar-refractivity contribution in [2.75, 3.05) is 33.7 Å². The molecule has 0 spiro atoms. The number of nitrogens with one attached hydrogen (secondary N) is 1. The first-order valence-corrected chi connectivity index (χ1v) is 8.98. The van der Waals surface area contributed by atoms with Crippen molar-refractivity contribution in [2.45, 2.75) is 38.6 Å². The fourth-order valence-corrected chi connectivity index (χ4v) is 3.68. The summed E-state index contributed by atoms with van der Waals surface area (Å²) in [4.78, 5) is 16.6. The zero-order valence-corrected chi connectivity index (χ0v) is 15.9. The molecule has 25 heavy (non-hydrogen) atoms. The Balaban J connectivity index is 2.22. The summed E-state index contributed by atoms with van der Waals surface area (Å²) in [5.41, 5.74) is 0.665. The highest BCUT2D eigenvalue weighted by Gasteiger charge is 2.36. The lowest BCUT2D eigenvalue weighted by Gasteiger charge is -2.41. The van der Waals surface area contributed by atoms with Crippen LogP contribution in [0.1, 0.15) is 38.7 Å². The summed E-state index contributed by atoms with van der Waals surface area (Å²) >= 11 is 0. The van der Waals surface area contributed by atoms with Crippen molar-refractivity contribution >= 4 is 6.03 Å². The summed E-state index contributed by atoms with van der Waals surface area (Å²) in [6, 6.07) is 12.8. The van der Waals surface area contributed by atoms with Crippen molar-refractivity contribution in [3.63, 3.8) is 0 Å². The van der Waals surface area contributed by atoms with Gasteiger partial charge in [-0.05, 0) is 52.8 Å². The van der Waals surface area contributed by atoms with Gasteiger partial charge in [-0.15, -0.1) is 0 Å². The normalized spacial score (nSPS) is 22.6. The van der Waals surface area contributed by atoms with Crippen LogP contribution < -0.4 is 5.32 Å². The van der Waals surface area contributed by atoms with Crippen molar-refractivity contribution < 1.29 is 4.79 Å². The molecule has 0 bridgehead atoms. The molecule has 1 N–H and O–H groups in total. The highest BCUT2D eigenvalue weighted by molar-refractivity contribution is 5.74. The Hall–Kier alpha value is -2.06. The third-order valence-corrected chi connectivity index (χ3v) is 5.18. The summed E-state index contributed by atoms with van der Waals surface area (Å²) in [6.45, 7) is 5.49. The monoisotopic (exact) mass is 342 g/mol. The second-order valence-electron chi connectivity index (χ2n) is 7.79. The molecule has 136 valence electrons. The summed E-state index contributed by atoms with van der Waals surface area (Å²) in [7, 11) is 4.23. The van der Waals surface area contributed by atoms with Gasteiger partial charge in [-0.2, -0.15) is 5.26 Å². The Bertz CT molecular complexity index is 620. The van der Waals surface area contributed by atoms with Crippen LogP contribution in [-0.4, -0.2) is 49.6 Å². The number of carbonyl (C=O) groups excluding carboxylic acids is 1. The number of hydrogen-bond donors (Lipinski definition) is 1. The van der Waals surface area contributed by atoms with E-state index >= 15 is 0 Å². The van der Waals surface area contributed by atoms with Gasteiger partial charge in [0.1, 0.15) is 0 Å². The van der Waals surface area contributed by atoms with E-state index in [0.717, 1.165) is 19.3 Å². The van der Waals surface area contributed by atoms with Crippen LogP contribution in [0.3, 0.4) is 0 Å². The van der Waals surface area contributed by atoms with Crippen LogP contribution in [0.25, 0.3) is 0 Å². The maximum atomic E-state index is 12.5. The van der Waals surface area contributed by atoms with Gasteiger partial charge in [0.25, 0.3) is 0 Å². The lowest BCUT2D eigenvalue weighted by molar-refractivity contribution is 0.123. The molecule has 0 unspecified atom stereocenters. The topological polar surface area (TPSA) is 59.4 Å². The molecule has 2 amide bonds. The van der Waals surface area contributed by atoms with Crippen molar-refractivity contribution in [1.82, 2.24) is 15.1 Å². The van der Waals surface area contributed by atoms with E-state index in [1.165, 1.54) is 5.56 Å². The van der Waals surface area contributed by atoms with E-state index in [9.17, 15) is 10.1 Å². The fourth-order valence-electron chi connectivity index (χ4n) is 3.68. The van der Waals surface area contributed by atoms with Crippen molar-refractivity contribution in [1.29, 1.82) is 5.26 Å². The van der Waals surface area contributed by atoms with Gasteiger partial charge in [-0.1, -0.05) is 30.3 Å². The molecule has 1 heterocycles. The van der Waals surface area contributed by atoms with E-state index < -0.39 is 5.41 Å². The van der Waals surface area contributed by atoms with Crippen molar-refractivity contribution in [3.05, 3.63) is 35.9 Å². The number of hydrogen-bond acceptors (Lipinski definition) is 3. The number of nitrogens with zero attached hydrogens (tertiary/aromatic N) is 3. The molecule has 1 aromatic rings. The predicted octanol–water partition coefficient (Wildman–Crippen LogP) is 3.19. The van der Waals surface area contributed by atoms with Crippen LogP contribution in [0.2, 0.25) is 0 Å². The molecule has 5 heteroatoms. The summed E-state index contributed by atoms with van der Waals surface area (Å²) in [6.07, 6.45) is 2.75. The maximum Gasteiger partial charge on any atom is 0.317 e. The highest BCUT2D eigenvalue weighted by atomic mass is 16.2. The van der Waals surface area contributed by atoms with Gasteiger partial charge in [-0.3, -0.25) is 4.90 Å². The molecule has 0 aromatic heterocycles. The van der Waals surface area contributed by atoms with Crippen LogP contribution in [-0.2, 0) is 5.54 Å². The molecule has 1 aliphatic rings. The third kappa shape index (κ3) is 4.52. The summed E-state index contributed by atoms with van der Waals surface area (Å²) < 4.78 is 0. The quantitative estimate of drug-likeness (QED) is 0.914. The van der Waals surface area contributed by atoms with Crippen LogP contribution >= 0.6 is 0 Å². The molecule has 0 radical (unpaired) electrons. The largest absolute Gasteiger partial charge is 0.338 e. The highest BCUT2D eigenvalue weighted by Crippen LogP contribution is 2.35. The predicted molar refractivity (Wildman–Crippen MR) is 100 cm³/mol. The van der Waals surface area contributed by atoms with E-state index in [1.807, 2.05) is 19.9 Å². The molecule has 1 saturated heterocycles. The molecule has 1 atom stereocenters. The zero-order valence-electron chi connectivity index (χ0n) is 15.9. The first kappa shape index (κ1) is 19.3. The Morgan fingerprint density at radius 3 is 2.56 bits per heavy atom. The summed E-state index contributed by atoms with van der Waals surface area (Å²) in [5, 5.41) is 12.3. The number of carbonyl (C=O) groups is 1. The van der Waals surface area contributed by atoms with E-state index in [1.54, 1.807) is 4.90 Å². The second kappa shape index (κ2) is 7.88. The SMILES string of the molecule is CN(C)[C@@]1(c2ccccc2)CCCN(CC(C)(C)C#N)C(=O)NCC1. The van der Waals surface area contributed by atoms with Gasteiger partial charge in [0.2, 0.25) is 0 Å². The van der Waals surface area contributed by atoms with Crippen LogP contribution in [0.15, 0.2) is 30.3 Å².